The van der Waals surface area contributed by atoms with Gasteiger partial charge >= 0.3 is 0 Å². The molecule has 0 fully saturated rings. The van der Waals surface area contributed by atoms with Gasteiger partial charge in [-0.15, -0.1) is 11.3 Å². The van der Waals surface area contributed by atoms with Crippen molar-refractivity contribution in [1.29, 1.82) is 0 Å². The highest BCUT2D eigenvalue weighted by atomic mass is 32.1. The molecule has 0 aliphatic heterocycles. The Morgan fingerprint density at radius 1 is 1.38 bits per heavy atom. The Balaban J connectivity index is 2.28. The lowest BCUT2D eigenvalue weighted by atomic mass is 10.1. The Labute approximate surface area is 132 Å². The van der Waals surface area contributed by atoms with Gasteiger partial charge in [0.05, 0.1) is 5.69 Å². The van der Waals surface area contributed by atoms with Crippen LogP contribution in [0.3, 0.4) is 0 Å². The molecule has 1 heterocycles. The van der Waals surface area contributed by atoms with Crippen LogP contribution in [0.15, 0.2) is 11.4 Å². The van der Waals surface area contributed by atoms with Gasteiger partial charge in [-0.3, -0.25) is 4.79 Å². The molecule has 4 nitrogen and oxygen atoms in total. The molecule has 0 aliphatic carbocycles. The maximum Gasteiger partial charge on any atom is 0.221 e. The molecule has 0 radical (unpaired) electrons. The van der Waals surface area contributed by atoms with Crippen LogP contribution in [0.4, 0.5) is 5.69 Å². The van der Waals surface area contributed by atoms with Crippen molar-refractivity contribution in [2.45, 2.75) is 53.1 Å². The van der Waals surface area contributed by atoms with E-state index < -0.39 is 0 Å². The molecule has 0 spiro atoms. The topological polar surface area (TPSA) is 44.4 Å². The van der Waals surface area contributed by atoms with E-state index in [1.165, 1.54) is 24.3 Å². The number of thiophene rings is 1. The lowest BCUT2D eigenvalue weighted by Gasteiger charge is -2.19. The first kappa shape index (κ1) is 18.1. The van der Waals surface area contributed by atoms with E-state index in [9.17, 15) is 4.79 Å². The molecule has 21 heavy (non-hydrogen) atoms. The highest BCUT2D eigenvalue weighted by Gasteiger charge is 2.08. The lowest BCUT2D eigenvalue weighted by molar-refractivity contribution is -0.114. The third-order valence-electron chi connectivity index (χ3n) is 3.67. The van der Waals surface area contributed by atoms with Gasteiger partial charge in [0.15, 0.2) is 0 Å². The van der Waals surface area contributed by atoms with E-state index in [-0.39, 0.29) is 5.91 Å². The van der Waals surface area contributed by atoms with E-state index in [1.807, 2.05) is 11.4 Å². The van der Waals surface area contributed by atoms with Gasteiger partial charge in [0.25, 0.3) is 0 Å². The minimum Gasteiger partial charge on any atom is -0.325 e. The molecule has 1 amide bonds. The first-order valence-corrected chi connectivity index (χ1v) is 8.74. The summed E-state index contributed by atoms with van der Waals surface area (Å²) in [6.07, 6.45) is 2.40. The predicted molar refractivity (Wildman–Crippen MR) is 91.9 cm³/mol. The molecular formula is C16H29N3OS. The molecule has 0 saturated carbocycles. The third-order valence-corrected chi connectivity index (χ3v) is 4.59. The van der Waals surface area contributed by atoms with E-state index >= 15 is 0 Å². The first-order valence-electron chi connectivity index (χ1n) is 7.86. The van der Waals surface area contributed by atoms with Crippen molar-refractivity contribution in [2.75, 3.05) is 25.0 Å². The number of carbonyl (C=O) groups excluding carboxylic acids is 1. The fourth-order valence-electron chi connectivity index (χ4n) is 2.31. The fraction of sp³-hybridized carbons (Fsp3) is 0.688. The van der Waals surface area contributed by atoms with Gasteiger partial charge < -0.3 is 15.5 Å². The van der Waals surface area contributed by atoms with Gasteiger partial charge in [-0.25, -0.2) is 0 Å². The van der Waals surface area contributed by atoms with Crippen molar-refractivity contribution in [1.82, 2.24) is 10.2 Å². The van der Waals surface area contributed by atoms with Crippen molar-refractivity contribution in [3.05, 3.63) is 16.3 Å². The number of hydrogen-bond acceptors (Lipinski definition) is 4. The van der Waals surface area contributed by atoms with Crippen molar-refractivity contribution in [2.24, 2.45) is 0 Å². The van der Waals surface area contributed by atoms with Crippen LogP contribution in [0.1, 0.15) is 45.4 Å². The largest absolute Gasteiger partial charge is 0.325 e. The first-order chi connectivity index (χ1) is 10.1. The molecule has 1 unspecified atom stereocenters. The van der Waals surface area contributed by atoms with Crippen LogP contribution in [0.2, 0.25) is 0 Å². The molecule has 2 N–H and O–H groups in total. The number of anilines is 1. The SMILES string of the molecule is CCN(CC)CCCC(C)NCc1sccc1NC(C)=O. The second-order valence-electron chi connectivity index (χ2n) is 5.39. The van der Waals surface area contributed by atoms with Crippen molar-refractivity contribution in [3.8, 4) is 0 Å². The predicted octanol–water partition coefficient (Wildman–Crippen LogP) is 3.31. The van der Waals surface area contributed by atoms with Crippen LogP contribution < -0.4 is 10.6 Å². The maximum atomic E-state index is 11.1. The van der Waals surface area contributed by atoms with Crippen LogP contribution in [-0.4, -0.2) is 36.5 Å². The van der Waals surface area contributed by atoms with E-state index in [0.717, 1.165) is 25.3 Å². The summed E-state index contributed by atoms with van der Waals surface area (Å²) in [5.74, 6) is -0.0121. The summed E-state index contributed by atoms with van der Waals surface area (Å²) < 4.78 is 0. The minimum atomic E-state index is -0.0121. The number of amides is 1. The van der Waals surface area contributed by atoms with E-state index in [1.54, 1.807) is 18.3 Å². The highest BCUT2D eigenvalue weighted by molar-refractivity contribution is 7.10. The van der Waals surface area contributed by atoms with Gasteiger partial charge in [0.1, 0.15) is 0 Å². The molecule has 5 heteroatoms. The smallest absolute Gasteiger partial charge is 0.221 e. The molecule has 1 aromatic heterocycles. The van der Waals surface area contributed by atoms with Gasteiger partial charge in [-0.1, -0.05) is 13.8 Å². The number of nitrogens with one attached hydrogen (secondary N) is 2. The van der Waals surface area contributed by atoms with Crippen LogP contribution in [-0.2, 0) is 11.3 Å². The molecule has 1 atom stereocenters. The summed E-state index contributed by atoms with van der Waals surface area (Å²) in [6, 6.07) is 2.46. The molecule has 0 bridgehead atoms. The van der Waals surface area contributed by atoms with Gasteiger partial charge in [0, 0.05) is 24.4 Å². The molecule has 1 aromatic rings. The Hall–Kier alpha value is -0.910. The minimum absolute atomic E-state index is 0.0121. The van der Waals surface area contributed by atoms with Gasteiger partial charge in [-0.05, 0) is 50.8 Å². The summed E-state index contributed by atoms with van der Waals surface area (Å²) in [5.41, 5.74) is 0.940. The Morgan fingerprint density at radius 3 is 2.71 bits per heavy atom. The Morgan fingerprint density at radius 2 is 2.10 bits per heavy atom. The zero-order valence-corrected chi connectivity index (χ0v) is 14.6. The maximum absolute atomic E-state index is 11.1. The van der Waals surface area contributed by atoms with Crippen LogP contribution in [0, 0.1) is 0 Å². The zero-order valence-electron chi connectivity index (χ0n) is 13.7. The quantitative estimate of drug-likeness (QED) is 0.697. The Kier molecular flexibility index (Phi) is 8.57. The van der Waals surface area contributed by atoms with Crippen LogP contribution in [0.5, 0.6) is 0 Å². The number of nitrogens with zero attached hydrogens (tertiary/aromatic N) is 1. The van der Waals surface area contributed by atoms with Crippen LogP contribution in [0.25, 0.3) is 0 Å². The number of hydrogen-bond donors (Lipinski definition) is 2. The lowest BCUT2D eigenvalue weighted by Crippen LogP contribution is -2.28. The van der Waals surface area contributed by atoms with Crippen molar-refractivity contribution >= 4 is 22.9 Å². The zero-order chi connectivity index (χ0) is 15.7. The summed E-state index contributed by atoms with van der Waals surface area (Å²) in [4.78, 5) is 14.8. The molecule has 1 rings (SSSR count). The fourth-order valence-corrected chi connectivity index (χ4v) is 3.09. The van der Waals surface area contributed by atoms with Crippen molar-refractivity contribution < 1.29 is 4.79 Å². The van der Waals surface area contributed by atoms with Crippen LogP contribution >= 0.6 is 11.3 Å². The molecule has 0 saturated heterocycles. The highest BCUT2D eigenvalue weighted by Crippen LogP contribution is 2.22. The Bertz CT molecular complexity index is 415. The summed E-state index contributed by atoms with van der Waals surface area (Å²) >= 11 is 1.68. The normalized spacial score (nSPS) is 12.6. The molecule has 120 valence electrons. The van der Waals surface area contributed by atoms with E-state index in [0.29, 0.717) is 6.04 Å². The monoisotopic (exact) mass is 311 g/mol. The summed E-state index contributed by atoms with van der Waals surface area (Å²) in [6.45, 7) is 12.5. The van der Waals surface area contributed by atoms with Gasteiger partial charge in [0.2, 0.25) is 5.91 Å². The van der Waals surface area contributed by atoms with E-state index in [4.69, 9.17) is 0 Å². The molecule has 0 aliphatic rings. The van der Waals surface area contributed by atoms with Gasteiger partial charge in [-0.2, -0.15) is 0 Å². The standard InChI is InChI=1S/C16H29N3OS/c1-5-19(6-2)10-7-8-13(3)17-12-16-15(9-11-21-16)18-14(4)20/h9,11,13,17H,5-8,10,12H2,1-4H3,(H,18,20). The summed E-state index contributed by atoms with van der Waals surface area (Å²) in [7, 11) is 0. The average molecular weight is 311 g/mol. The number of carbonyl (C=O) groups is 1. The average Bonchev–Trinajstić information content (AvgIpc) is 2.88. The van der Waals surface area contributed by atoms with Crippen molar-refractivity contribution in [3.63, 3.8) is 0 Å². The third kappa shape index (κ3) is 7.07. The second kappa shape index (κ2) is 9.92. The molecule has 0 aromatic carbocycles. The second-order valence-corrected chi connectivity index (χ2v) is 6.39. The van der Waals surface area contributed by atoms with E-state index in [2.05, 4.69) is 36.3 Å². The molecular weight excluding hydrogens is 282 g/mol. The number of rotatable bonds is 10. The summed E-state index contributed by atoms with van der Waals surface area (Å²) in [5, 5.41) is 8.45.